The fraction of sp³-hybridized carbons (Fsp3) is 0.368. The van der Waals surface area contributed by atoms with E-state index in [2.05, 4.69) is 21.7 Å². The molecule has 2 amide bonds. The maximum absolute atomic E-state index is 12.3. The van der Waals surface area contributed by atoms with Crippen LogP contribution in [-0.4, -0.2) is 22.4 Å². The van der Waals surface area contributed by atoms with E-state index >= 15 is 0 Å². The van der Waals surface area contributed by atoms with Gasteiger partial charge in [-0.15, -0.1) is 6.42 Å². The molecule has 0 saturated carbocycles. The van der Waals surface area contributed by atoms with E-state index in [1.54, 1.807) is 24.3 Å². The maximum atomic E-state index is 12.3. The molecule has 1 atom stereocenters. The van der Waals surface area contributed by atoms with Crippen molar-refractivity contribution in [1.82, 2.24) is 15.1 Å². The molecular weight excluding hydrogens is 316 g/mol. The Kier molecular flexibility index (Phi) is 6.07. The lowest BCUT2D eigenvalue weighted by molar-refractivity contribution is 0.248. The molecule has 0 spiro atoms. The predicted octanol–water partition coefficient (Wildman–Crippen LogP) is 3.32. The number of nitrogens with one attached hydrogen (secondary N) is 2. The number of terminal acetylenes is 1. The van der Waals surface area contributed by atoms with Crippen molar-refractivity contribution in [1.29, 1.82) is 0 Å². The Labute approximate surface area is 148 Å². The van der Waals surface area contributed by atoms with Crippen LogP contribution in [0.1, 0.15) is 36.3 Å². The molecule has 6 heteroatoms. The molecule has 2 aromatic rings. The maximum Gasteiger partial charge on any atom is 0.319 e. The Bertz CT molecular complexity index is 772. The summed E-state index contributed by atoms with van der Waals surface area (Å²) in [6.45, 7) is 6.22. The highest BCUT2D eigenvalue weighted by Gasteiger charge is 2.20. The number of carbonyl (C=O) groups excluding carboxylic acids is 1. The van der Waals surface area contributed by atoms with E-state index in [9.17, 15) is 4.79 Å². The molecule has 0 bridgehead atoms. The third kappa shape index (κ3) is 4.54. The number of urea groups is 1. The lowest BCUT2D eigenvalue weighted by atomic mass is 10.0. The van der Waals surface area contributed by atoms with Crippen LogP contribution in [0.5, 0.6) is 5.75 Å². The first-order chi connectivity index (χ1) is 12.0. The van der Waals surface area contributed by atoms with Gasteiger partial charge in [-0.3, -0.25) is 4.68 Å². The van der Waals surface area contributed by atoms with Gasteiger partial charge in [0.25, 0.3) is 0 Å². The van der Waals surface area contributed by atoms with E-state index in [0.717, 1.165) is 23.4 Å². The molecule has 0 fully saturated rings. The largest absolute Gasteiger partial charge is 0.481 e. The molecule has 1 heterocycles. The Morgan fingerprint density at radius 3 is 2.56 bits per heavy atom. The van der Waals surface area contributed by atoms with Crippen molar-refractivity contribution in [3.05, 3.63) is 41.2 Å². The number of amides is 2. The van der Waals surface area contributed by atoms with Crippen molar-refractivity contribution < 1.29 is 9.53 Å². The van der Waals surface area contributed by atoms with E-state index in [0.29, 0.717) is 11.4 Å². The van der Waals surface area contributed by atoms with Crippen molar-refractivity contribution >= 4 is 11.7 Å². The van der Waals surface area contributed by atoms with Crippen LogP contribution in [0.3, 0.4) is 0 Å². The number of rotatable bonds is 6. The summed E-state index contributed by atoms with van der Waals surface area (Å²) in [7, 11) is 1.91. The summed E-state index contributed by atoms with van der Waals surface area (Å²) in [4.78, 5) is 12.3. The van der Waals surface area contributed by atoms with Crippen LogP contribution in [-0.2, 0) is 7.05 Å². The summed E-state index contributed by atoms with van der Waals surface area (Å²) >= 11 is 0. The topological polar surface area (TPSA) is 68.2 Å². The summed E-state index contributed by atoms with van der Waals surface area (Å²) < 4.78 is 7.15. The van der Waals surface area contributed by atoms with Gasteiger partial charge in [-0.25, -0.2) is 4.79 Å². The zero-order valence-electron chi connectivity index (χ0n) is 15.1. The average molecular weight is 340 g/mol. The molecule has 2 N–H and O–H groups in total. The van der Waals surface area contributed by atoms with Crippen molar-refractivity contribution in [2.75, 3.05) is 11.9 Å². The molecule has 1 aromatic carbocycles. The molecule has 0 aliphatic heterocycles. The van der Waals surface area contributed by atoms with E-state index in [1.807, 2.05) is 32.5 Å². The predicted molar refractivity (Wildman–Crippen MR) is 98.6 cm³/mol. The third-order valence-corrected chi connectivity index (χ3v) is 4.06. The number of benzene rings is 1. The van der Waals surface area contributed by atoms with Gasteiger partial charge in [-0.1, -0.05) is 12.8 Å². The Morgan fingerprint density at radius 2 is 2.04 bits per heavy atom. The first kappa shape index (κ1) is 18.4. The fourth-order valence-electron chi connectivity index (χ4n) is 2.76. The molecule has 25 heavy (non-hydrogen) atoms. The van der Waals surface area contributed by atoms with Gasteiger partial charge in [0.15, 0.2) is 0 Å². The number of ether oxygens (including phenoxy) is 1. The van der Waals surface area contributed by atoms with Gasteiger partial charge >= 0.3 is 6.03 Å². The van der Waals surface area contributed by atoms with Crippen LogP contribution in [0, 0.1) is 26.2 Å². The summed E-state index contributed by atoms with van der Waals surface area (Å²) in [6.07, 6.45) is 5.93. The summed E-state index contributed by atoms with van der Waals surface area (Å²) in [5, 5.41) is 10.3. The van der Waals surface area contributed by atoms with E-state index < -0.39 is 0 Å². The molecular formula is C19H24N4O2. The highest BCUT2D eigenvalue weighted by Crippen LogP contribution is 2.24. The number of aromatic nitrogens is 2. The Morgan fingerprint density at radius 1 is 1.36 bits per heavy atom. The van der Waals surface area contributed by atoms with Gasteiger partial charge in [0.1, 0.15) is 12.4 Å². The zero-order valence-corrected chi connectivity index (χ0v) is 15.1. The normalized spacial score (nSPS) is 11.5. The number of anilines is 1. The molecule has 0 aliphatic carbocycles. The standard InChI is InChI=1S/C19H24N4O2/c1-6-12-25-16-10-8-15(9-11-16)20-19(24)21-17(7-2)18-13(3)22-23(5)14(18)4/h1,8-11,17H,7,12H2,2-5H3,(H2,20,21,24)/t17-/m0/s1. The molecule has 1 aromatic heterocycles. The molecule has 0 saturated heterocycles. The Balaban J connectivity index is 2.02. The minimum absolute atomic E-state index is 0.0908. The Hall–Kier alpha value is -2.94. The van der Waals surface area contributed by atoms with Gasteiger partial charge in [-0.2, -0.15) is 5.10 Å². The van der Waals surface area contributed by atoms with Crippen LogP contribution in [0.25, 0.3) is 0 Å². The second-order valence-electron chi connectivity index (χ2n) is 5.78. The summed E-state index contributed by atoms with van der Waals surface area (Å²) in [5.41, 5.74) is 3.74. The number of carbonyl (C=O) groups is 1. The number of hydrogen-bond donors (Lipinski definition) is 2. The van der Waals surface area contributed by atoms with Crippen molar-refractivity contribution in [3.63, 3.8) is 0 Å². The fourth-order valence-corrected chi connectivity index (χ4v) is 2.76. The van der Waals surface area contributed by atoms with E-state index in [-0.39, 0.29) is 18.7 Å². The number of aryl methyl sites for hydroxylation is 2. The minimum atomic E-state index is -0.258. The van der Waals surface area contributed by atoms with Gasteiger partial charge in [0, 0.05) is 24.0 Å². The smallest absolute Gasteiger partial charge is 0.319 e. The quantitative estimate of drug-likeness (QED) is 0.793. The van der Waals surface area contributed by atoms with Crippen LogP contribution < -0.4 is 15.4 Å². The second-order valence-corrected chi connectivity index (χ2v) is 5.78. The first-order valence-corrected chi connectivity index (χ1v) is 8.20. The zero-order chi connectivity index (χ0) is 18.4. The highest BCUT2D eigenvalue weighted by atomic mass is 16.5. The summed E-state index contributed by atoms with van der Waals surface area (Å²) in [5.74, 6) is 3.07. The summed E-state index contributed by atoms with van der Waals surface area (Å²) in [6, 6.07) is 6.72. The van der Waals surface area contributed by atoms with E-state index in [1.165, 1.54) is 0 Å². The minimum Gasteiger partial charge on any atom is -0.481 e. The van der Waals surface area contributed by atoms with Crippen LogP contribution in [0.15, 0.2) is 24.3 Å². The average Bonchev–Trinajstić information content (AvgIpc) is 2.84. The third-order valence-electron chi connectivity index (χ3n) is 4.06. The molecule has 0 unspecified atom stereocenters. The van der Waals surface area contributed by atoms with Gasteiger partial charge in [0.2, 0.25) is 0 Å². The number of nitrogens with zero attached hydrogens (tertiary/aromatic N) is 2. The van der Waals surface area contributed by atoms with Gasteiger partial charge < -0.3 is 15.4 Å². The first-order valence-electron chi connectivity index (χ1n) is 8.20. The van der Waals surface area contributed by atoms with Gasteiger partial charge in [-0.05, 0) is 44.5 Å². The molecule has 132 valence electrons. The molecule has 0 radical (unpaired) electrons. The lowest BCUT2D eigenvalue weighted by Gasteiger charge is -2.18. The van der Waals surface area contributed by atoms with E-state index in [4.69, 9.17) is 11.2 Å². The molecule has 6 nitrogen and oxygen atoms in total. The van der Waals surface area contributed by atoms with Crippen LogP contribution in [0.4, 0.5) is 10.5 Å². The van der Waals surface area contributed by atoms with Crippen molar-refractivity contribution in [2.24, 2.45) is 7.05 Å². The second kappa shape index (κ2) is 8.25. The van der Waals surface area contributed by atoms with Crippen LogP contribution >= 0.6 is 0 Å². The lowest BCUT2D eigenvalue weighted by Crippen LogP contribution is -2.32. The van der Waals surface area contributed by atoms with Crippen molar-refractivity contribution in [2.45, 2.75) is 33.2 Å². The molecule has 2 rings (SSSR count). The van der Waals surface area contributed by atoms with Crippen LogP contribution in [0.2, 0.25) is 0 Å². The highest BCUT2D eigenvalue weighted by molar-refractivity contribution is 5.89. The van der Waals surface area contributed by atoms with Gasteiger partial charge in [0.05, 0.1) is 11.7 Å². The number of hydrogen-bond acceptors (Lipinski definition) is 3. The molecule has 0 aliphatic rings. The monoisotopic (exact) mass is 340 g/mol. The van der Waals surface area contributed by atoms with Crippen molar-refractivity contribution in [3.8, 4) is 18.1 Å². The SMILES string of the molecule is C#CCOc1ccc(NC(=O)N[C@@H](CC)c2c(C)nn(C)c2C)cc1.